The van der Waals surface area contributed by atoms with Crippen LogP contribution in [0.15, 0.2) is 24.3 Å². The average Bonchev–Trinajstić information content (AvgIpc) is 2.79. The Morgan fingerprint density at radius 1 is 0.865 bits per heavy atom. The lowest BCUT2D eigenvalue weighted by Gasteiger charge is -2.44. The van der Waals surface area contributed by atoms with Crippen molar-refractivity contribution in [1.82, 2.24) is 5.32 Å². The van der Waals surface area contributed by atoms with E-state index in [0.29, 0.717) is 5.56 Å². The molecule has 0 aliphatic carbocycles. The summed E-state index contributed by atoms with van der Waals surface area (Å²) in [6.45, 7) is 3.57. The van der Waals surface area contributed by atoms with E-state index in [0.717, 1.165) is 27.7 Å². The highest BCUT2D eigenvalue weighted by Crippen LogP contribution is 2.28. The molecule has 1 aromatic carbocycles. The van der Waals surface area contributed by atoms with Crippen LogP contribution in [0.1, 0.15) is 33.3 Å². The topological polar surface area (TPSA) is 196 Å². The number of nitro benzene ring substituents is 1. The van der Waals surface area contributed by atoms with Gasteiger partial charge in [-0.3, -0.25) is 29.3 Å². The van der Waals surface area contributed by atoms with Crippen LogP contribution < -0.4 is 5.32 Å². The van der Waals surface area contributed by atoms with Crippen molar-refractivity contribution in [3.8, 4) is 0 Å². The number of hydrogen-bond donors (Lipinski definition) is 1. The van der Waals surface area contributed by atoms with E-state index < -0.39 is 72.1 Å². The molecule has 1 amide bonds. The molecule has 0 spiro atoms. The number of non-ortho nitro benzene ring substituents is 1. The maximum atomic E-state index is 12.6. The molecule has 1 aliphatic heterocycles. The number of benzene rings is 1. The molecule has 1 fully saturated rings. The molecule has 15 nitrogen and oxygen atoms in total. The molecule has 0 aromatic heterocycles. The van der Waals surface area contributed by atoms with E-state index in [9.17, 15) is 34.1 Å². The molecule has 1 aromatic rings. The zero-order chi connectivity index (χ0) is 27.7. The van der Waals surface area contributed by atoms with Crippen LogP contribution in [-0.2, 0) is 54.2 Å². The number of amides is 1. The van der Waals surface area contributed by atoms with Crippen molar-refractivity contribution in [2.45, 2.75) is 64.9 Å². The SMILES string of the molecule is CC(=O)OC[C@H]1OC(OC(C)=O)[C@H](NC(=O)OCc2ccc([N+](=O)[O-])cc2)[C@@H](OC(C)=O)[C@@H]1OC(C)=O. The molecule has 1 unspecified atom stereocenters. The molecule has 1 heterocycles. The van der Waals surface area contributed by atoms with Crippen molar-refractivity contribution in [2.75, 3.05) is 6.61 Å². The average molecular weight is 526 g/mol. The lowest BCUT2D eigenvalue weighted by Crippen LogP contribution is -2.67. The van der Waals surface area contributed by atoms with E-state index in [1.54, 1.807) is 0 Å². The zero-order valence-electron chi connectivity index (χ0n) is 20.4. The lowest BCUT2D eigenvalue weighted by atomic mass is 9.96. The Morgan fingerprint density at radius 2 is 1.43 bits per heavy atom. The van der Waals surface area contributed by atoms with Gasteiger partial charge in [-0.25, -0.2) is 4.79 Å². The summed E-state index contributed by atoms with van der Waals surface area (Å²) in [4.78, 5) is 69.5. The Kier molecular flexibility index (Phi) is 10.3. The van der Waals surface area contributed by atoms with Crippen molar-refractivity contribution in [3.05, 3.63) is 39.9 Å². The first-order valence-corrected chi connectivity index (χ1v) is 10.8. The van der Waals surface area contributed by atoms with Crippen molar-refractivity contribution < 1.29 is 57.3 Å². The Hall–Kier alpha value is -4.27. The maximum Gasteiger partial charge on any atom is 0.408 e. The number of nitrogens with one attached hydrogen (secondary N) is 1. The Bertz CT molecular complexity index is 1030. The van der Waals surface area contributed by atoms with Gasteiger partial charge in [0.2, 0.25) is 6.29 Å². The minimum Gasteiger partial charge on any atom is -0.463 e. The van der Waals surface area contributed by atoms with Gasteiger partial charge >= 0.3 is 30.0 Å². The number of nitrogens with zero attached hydrogens (tertiary/aromatic N) is 1. The van der Waals surface area contributed by atoms with Crippen molar-refractivity contribution in [2.24, 2.45) is 0 Å². The van der Waals surface area contributed by atoms with Crippen molar-refractivity contribution in [3.63, 3.8) is 0 Å². The molecular weight excluding hydrogens is 500 g/mol. The van der Waals surface area contributed by atoms with Gasteiger partial charge in [0.25, 0.3) is 5.69 Å². The molecule has 202 valence electrons. The molecule has 37 heavy (non-hydrogen) atoms. The van der Waals surface area contributed by atoms with Gasteiger partial charge in [-0.15, -0.1) is 0 Å². The first-order chi connectivity index (χ1) is 17.4. The van der Waals surface area contributed by atoms with Gasteiger partial charge < -0.3 is 33.7 Å². The van der Waals surface area contributed by atoms with E-state index in [2.05, 4.69) is 5.32 Å². The maximum absolute atomic E-state index is 12.6. The minimum absolute atomic E-state index is 0.152. The van der Waals surface area contributed by atoms with Crippen LogP contribution in [0, 0.1) is 10.1 Å². The number of carbonyl (C=O) groups excluding carboxylic acids is 5. The fourth-order valence-corrected chi connectivity index (χ4v) is 3.36. The summed E-state index contributed by atoms with van der Waals surface area (Å²) in [5.41, 5.74) is 0.272. The second-order valence-corrected chi connectivity index (χ2v) is 7.77. The highest BCUT2D eigenvalue weighted by Gasteiger charge is 2.52. The van der Waals surface area contributed by atoms with E-state index in [1.807, 2.05) is 0 Å². The number of alkyl carbamates (subject to hydrolysis) is 1. The second-order valence-electron chi connectivity index (χ2n) is 7.77. The smallest absolute Gasteiger partial charge is 0.408 e. The zero-order valence-corrected chi connectivity index (χ0v) is 20.4. The van der Waals surface area contributed by atoms with Crippen molar-refractivity contribution in [1.29, 1.82) is 0 Å². The standard InChI is InChI=1S/C22H26N2O13/c1-11(25)32-10-17-19(34-12(2)26)20(35-13(3)27)18(21(37-17)36-14(4)28)23-22(29)33-9-15-5-7-16(8-6-15)24(30)31/h5-8,17-21H,9-10H2,1-4H3,(H,23,29)/t17-,18-,19-,20-,21?/m1/s1. The van der Waals surface area contributed by atoms with Crippen LogP contribution in [0.5, 0.6) is 0 Å². The molecule has 15 heteroatoms. The van der Waals surface area contributed by atoms with Gasteiger partial charge in [-0.2, -0.15) is 0 Å². The summed E-state index contributed by atoms with van der Waals surface area (Å²) in [5.74, 6) is -3.14. The molecular formula is C22H26N2O13. The number of carbonyl (C=O) groups is 5. The van der Waals surface area contributed by atoms with Gasteiger partial charge in [0.05, 0.1) is 4.92 Å². The number of esters is 4. The molecule has 0 radical (unpaired) electrons. The first kappa shape index (κ1) is 29.0. The largest absolute Gasteiger partial charge is 0.463 e. The van der Waals surface area contributed by atoms with Crippen LogP contribution in [0.2, 0.25) is 0 Å². The minimum atomic E-state index is -1.57. The quantitative estimate of drug-likeness (QED) is 0.206. The van der Waals surface area contributed by atoms with Gasteiger partial charge in [0.15, 0.2) is 12.2 Å². The van der Waals surface area contributed by atoms with Crippen LogP contribution in [0.4, 0.5) is 10.5 Å². The number of rotatable bonds is 9. The Balaban J connectivity index is 2.28. The van der Waals surface area contributed by atoms with Gasteiger partial charge in [-0.05, 0) is 17.7 Å². The highest BCUT2D eigenvalue weighted by atomic mass is 16.7. The Labute approximate surface area is 210 Å². The molecule has 0 bridgehead atoms. The molecule has 0 saturated carbocycles. The van der Waals surface area contributed by atoms with Gasteiger partial charge in [-0.1, -0.05) is 0 Å². The molecule has 1 aliphatic rings. The first-order valence-electron chi connectivity index (χ1n) is 10.8. The summed E-state index contributed by atoms with van der Waals surface area (Å²) in [7, 11) is 0. The number of hydrogen-bond acceptors (Lipinski definition) is 13. The number of ether oxygens (including phenoxy) is 6. The third-order valence-corrected chi connectivity index (χ3v) is 4.78. The fraction of sp³-hybridized carbons (Fsp3) is 0.500. The van der Waals surface area contributed by atoms with Gasteiger partial charge in [0, 0.05) is 39.8 Å². The van der Waals surface area contributed by atoms with E-state index in [4.69, 9.17) is 28.4 Å². The third-order valence-electron chi connectivity index (χ3n) is 4.78. The summed E-state index contributed by atoms with van der Waals surface area (Å²) >= 11 is 0. The fourth-order valence-electron chi connectivity index (χ4n) is 3.36. The van der Waals surface area contributed by atoms with Gasteiger partial charge in [0.1, 0.15) is 25.4 Å². The van der Waals surface area contributed by atoms with E-state index in [1.165, 1.54) is 24.3 Å². The van der Waals surface area contributed by atoms with Crippen LogP contribution in [0.25, 0.3) is 0 Å². The predicted octanol–water partition coefficient (Wildman–Crippen LogP) is 0.904. The summed E-state index contributed by atoms with van der Waals surface area (Å²) in [6, 6.07) is 3.80. The molecule has 1 N–H and O–H groups in total. The normalized spacial score (nSPS) is 22.6. The Morgan fingerprint density at radius 3 is 1.95 bits per heavy atom. The lowest BCUT2D eigenvalue weighted by molar-refractivity contribution is -0.384. The van der Waals surface area contributed by atoms with Crippen LogP contribution >= 0.6 is 0 Å². The van der Waals surface area contributed by atoms with Crippen LogP contribution in [0.3, 0.4) is 0 Å². The van der Waals surface area contributed by atoms with Crippen LogP contribution in [-0.4, -0.2) is 72.1 Å². The molecule has 1 saturated heterocycles. The molecule has 5 atom stereocenters. The van der Waals surface area contributed by atoms with Crippen molar-refractivity contribution >= 4 is 35.7 Å². The number of nitro groups is 1. The highest BCUT2D eigenvalue weighted by molar-refractivity contribution is 5.70. The second kappa shape index (κ2) is 13.2. The summed E-state index contributed by atoms with van der Waals surface area (Å²) in [5, 5.41) is 13.1. The molecule has 2 rings (SSSR count). The predicted molar refractivity (Wildman–Crippen MR) is 118 cm³/mol. The summed E-state index contributed by atoms with van der Waals surface area (Å²) in [6.07, 6.45) is -6.71. The van der Waals surface area contributed by atoms with E-state index >= 15 is 0 Å². The summed E-state index contributed by atoms with van der Waals surface area (Å²) < 4.78 is 31.4. The third kappa shape index (κ3) is 9.03. The van der Waals surface area contributed by atoms with E-state index in [-0.39, 0.29) is 12.3 Å². The monoisotopic (exact) mass is 526 g/mol.